The number of sulfonamides is 1. The van der Waals surface area contributed by atoms with Crippen molar-refractivity contribution in [1.29, 1.82) is 0 Å². The minimum Gasteiger partial charge on any atom is -0.313 e. The van der Waals surface area contributed by atoms with Gasteiger partial charge in [0.1, 0.15) is 0 Å². The predicted octanol–water partition coefficient (Wildman–Crippen LogP) is 1.97. The van der Waals surface area contributed by atoms with Crippen LogP contribution in [0.15, 0.2) is 29.2 Å². The SMILES string of the molecule is CCNCc1ccc(S(=O)(=O)N(CC)C2CC2)cc1. The molecule has 0 saturated heterocycles. The highest BCUT2D eigenvalue weighted by Crippen LogP contribution is 2.31. The van der Waals surface area contributed by atoms with Crippen LogP contribution in [0.2, 0.25) is 0 Å². The third-order valence-corrected chi connectivity index (χ3v) is 5.42. The van der Waals surface area contributed by atoms with Crippen molar-refractivity contribution in [3.05, 3.63) is 29.8 Å². The van der Waals surface area contributed by atoms with Crippen LogP contribution in [0.3, 0.4) is 0 Å². The molecule has 0 aliphatic heterocycles. The number of nitrogens with zero attached hydrogens (tertiary/aromatic N) is 1. The zero-order valence-corrected chi connectivity index (χ0v) is 12.4. The second-order valence-electron chi connectivity index (χ2n) is 4.86. The van der Waals surface area contributed by atoms with Crippen LogP contribution in [-0.2, 0) is 16.6 Å². The third-order valence-electron chi connectivity index (χ3n) is 3.37. The van der Waals surface area contributed by atoms with E-state index >= 15 is 0 Å². The van der Waals surface area contributed by atoms with E-state index in [0.29, 0.717) is 11.4 Å². The van der Waals surface area contributed by atoms with Crippen LogP contribution in [0, 0.1) is 0 Å². The highest BCUT2D eigenvalue weighted by Gasteiger charge is 2.36. The summed E-state index contributed by atoms with van der Waals surface area (Å²) in [7, 11) is -3.31. The van der Waals surface area contributed by atoms with E-state index in [1.807, 2.05) is 26.0 Å². The summed E-state index contributed by atoms with van der Waals surface area (Å²) in [6.45, 7) is 6.18. The first kappa shape index (κ1) is 14.5. The monoisotopic (exact) mass is 282 g/mol. The molecule has 0 amide bonds. The Morgan fingerprint density at radius 2 is 1.84 bits per heavy atom. The second-order valence-corrected chi connectivity index (χ2v) is 6.75. The molecular formula is C14H22N2O2S. The Balaban J connectivity index is 2.16. The molecule has 5 heteroatoms. The minimum absolute atomic E-state index is 0.219. The second kappa shape index (κ2) is 6.03. The van der Waals surface area contributed by atoms with E-state index < -0.39 is 10.0 Å². The quantitative estimate of drug-likeness (QED) is 0.832. The lowest BCUT2D eigenvalue weighted by atomic mass is 10.2. The normalized spacial score (nSPS) is 15.9. The fraction of sp³-hybridized carbons (Fsp3) is 0.571. The van der Waals surface area contributed by atoms with Crippen LogP contribution in [0.25, 0.3) is 0 Å². The van der Waals surface area contributed by atoms with Gasteiger partial charge in [-0.05, 0) is 37.1 Å². The Kier molecular flexibility index (Phi) is 4.60. The van der Waals surface area contributed by atoms with Crippen molar-refractivity contribution < 1.29 is 8.42 Å². The molecule has 1 fully saturated rings. The van der Waals surface area contributed by atoms with Gasteiger partial charge in [0.25, 0.3) is 0 Å². The van der Waals surface area contributed by atoms with Gasteiger partial charge in [-0.2, -0.15) is 4.31 Å². The zero-order valence-electron chi connectivity index (χ0n) is 11.6. The van der Waals surface area contributed by atoms with Crippen molar-refractivity contribution in [3.63, 3.8) is 0 Å². The number of benzene rings is 1. The molecule has 1 aromatic carbocycles. The van der Waals surface area contributed by atoms with Crippen molar-refractivity contribution in [3.8, 4) is 0 Å². The average Bonchev–Trinajstić information content (AvgIpc) is 3.22. The fourth-order valence-electron chi connectivity index (χ4n) is 2.17. The molecule has 1 N–H and O–H groups in total. The largest absolute Gasteiger partial charge is 0.313 e. The Hall–Kier alpha value is -0.910. The van der Waals surface area contributed by atoms with Gasteiger partial charge in [0.2, 0.25) is 10.0 Å². The summed E-state index contributed by atoms with van der Waals surface area (Å²) >= 11 is 0. The molecule has 0 radical (unpaired) electrons. The number of nitrogens with one attached hydrogen (secondary N) is 1. The summed E-state index contributed by atoms with van der Waals surface area (Å²) < 4.78 is 26.6. The van der Waals surface area contributed by atoms with Gasteiger partial charge in [0.05, 0.1) is 4.90 Å². The van der Waals surface area contributed by atoms with Gasteiger partial charge in [0, 0.05) is 19.1 Å². The molecule has 4 nitrogen and oxygen atoms in total. The first-order chi connectivity index (χ1) is 9.09. The van der Waals surface area contributed by atoms with Crippen LogP contribution in [0.4, 0.5) is 0 Å². The third kappa shape index (κ3) is 3.35. The highest BCUT2D eigenvalue weighted by atomic mass is 32.2. The number of rotatable bonds is 7. The summed E-state index contributed by atoms with van der Waals surface area (Å²) in [5.41, 5.74) is 1.11. The fourth-order valence-corrected chi connectivity index (χ4v) is 3.86. The predicted molar refractivity (Wildman–Crippen MR) is 76.4 cm³/mol. The summed E-state index contributed by atoms with van der Waals surface area (Å²) in [4.78, 5) is 0.404. The molecular weight excluding hydrogens is 260 g/mol. The van der Waals surface area contributed by atoms with Gasteiger partial charge in [-0.3, -0.25) is 0 Å². The maximum Gasteiger partial charge on any atom is 0.243 e. The van der Waals surface area contributed by atoms with E-state index in [9.17, 15) is 8.42 Å². The van der Waals surface area contributed by atoms with Crippen LogP contribution in [-0.4, -0.2) is 31.9 Å². The smallest absolute Gasteiger partial charge is 0.243 e. The molecule has 1 aromatic rings. The van der Waals surface area contributed by atoms with Gasteiger partial charge < -0.3 is 5.32 Å². The van der Waals surface area contributed by atoms with E-state index in [4.69, 9.17) is 0 Å². The standard InChI is InChI=1S/C14H22N2O2S/c1-3-15-11-12-5-9-14(10-6-12)19(17,18)16(4-2)13-7-8-13/h5-6,9-10,13,15H,3-4,7-8,11H2,1-2H3. The molecule has 0 bridgehead atoms. The number of hydrogen-bond acceptors (Lipinski definition) is 3. The van der Waals surface area contributed by atoms with E-state index in [-0.39, 0.29) is 6.04 Å². The van der Waals surface area contributed by atoms with E-state index in [1.165, 1.54) is 0 Å². The van der Waals surface area contributed by atoms with Crippen molar-refractivity contribution in [2.24, 2.45) is 0 Å². The molecule has 0 spiro atoms. The van der Waals surface area contributed by atoms with Gasteiger partial charge in [-0.15, -0.1) is 0 Å². The molecule has 0 unspecified atom stereocenters. The topological polar surface area (TPSA) is 49.4 Å². The molecule has 19 heavy (non-hydrogen) atoms. The molecule has 2 rings (SSSR count). The van der Waals surface area contributed by atoms with Crippen LogP contribution < -0.4 is 5.32 Å². The lowest BCUT2D eigenvalue weighted by Gasteiger charge is -2.20. The molecule has 106 valence electrons. The number of hydrogen-bond donors (Lipinski definition) is 1. The molecule has 1 aliphatic rings. The van der Waals surface area contributed by atoms with Crippen LogP contribution >= 0.6 is 0 Å². The lowest BCUT2D eigenvalue weighted by molar-refractivity contribution is 0.421. The summed E-state index contributed by atoms with van der Waals surface area (Å²) in [6, 6.07) is 7.42. The van der Waals surface area contributed by atoms with Crippen molar-refractivity contribution in [1.82, 2.24) is 9.62 Å². The average molecular weight is 282 g/mol. The minimum atomic E-state index is -3.31. The maximum absolute atomic E-state index is 12.5. The zero-order chi connectivity index (χ0) is 13.9. The summed E-state index contributed by atoms with van der Waals surface area (Å²) in [5.74, 6) is 0. The van der Waals surface area contributed by atoms with E-state index in [0.717, 1.165) is 31.5 Å². The Morgan fingerprint density at radius 1 is 1.21 bits per heavy atom. The van der Waals surface area contributed by atoms with Crippen molar-refractivity contribution in [2.45, 2.75) is 44.2 Å². The molecule has 0 heterocycles. The summed E-state index contributed by atoms with van der Waals surface area (Å²) in [5, 5.41) is 3.23. The lowest BCUT2D eigenvalue weighted by Crippen LogP contribution is -2.32. The van der Waals surface area contributed by atoms with Gasteiger partial charge in [0.15, 0.2) is 0 Å². The Morgan fingerprint density at radius 3 is 2.32 bits per heavy atom. The first-order valence-electron chi connectivity index (χ1n) is 6.91. The highest BCUT2D eigenvalue weighted by molar-refractivity contribution is 7.89. The van der Waals surface area contributed by atoms with Crippen molar-refractivity contribution in [2.75, 3.05) is 13.1 Å². The molecule has 0 atom stereocenters. The first-order valence-corrected chi connectivity index (χ1v) is 8.35. The molecule has 0 aromatic heterocycles. The van der Waals surface area contributed by atoms with Crippen LogP contribution in [0.5, 0.6) is 0 Å². The maximum atomic E-state index is 12.5. The summed E-state index contributed by atoms with van der Waals surface area (Å²) in [6.07, 6.45) is 1.98. The van der Waals surface area contributed by atoms with Gasteiger partial charge in [-0.25, -0.2) is 8.42 Å². The van der Waals surface area contributed by atoms with Crippen LogP contribution in [0.1, 0.15) is 32.3 Å². The molecule has 1 saturated carbocycles. The molecule has 1 aliphatic carbocycles. The van der Waals surface area contributed by atoms with E-state index in [2.05, 4.69) is 5.32 Å². The Labute approximate surface area is 115 Å². The van der Waals surface area contributed by atoms with E-state index in [1.54, 1.807) is 16.4 Å². The Bertz CT molecular complexity index is 507. The van der Waals surface area contributed by atoms with Crippen molar-refractivity contribution >= 4 is 10.0 Å². The van der Waals surface area contributed by atoms with Gasteiger partial charge in [-0.1, -0.05) is 26.0 Å². The van der Waals surface area contributed by atoms with Gasteiger partial charge >= 0.3 is 0 Å².